The number of fused-ring (bicyclic) bond motifs is 2. The van der Waals surface area contributed by atoms with E-state index in [0.29, 0.717) is 17.1 Å². The van der Waals surface area contributed by atoms with Crippen LogP contribution in [0, 0.1) is 40.4 Å². The minimum absolute atomic E-state index is 0.0386. The smallest absolute Gasteiger partial charge is 0.302 e. The molecular formula is C30H51BO4. The summed E-state index contributed by atoms with van der Waals surface area (Å²) in [5.41, 5.74) is 0.584. The highest BCUT2D eigenvalue weighted by atomic mass is 16.5. The van der Waals surface area contributed by atoms with Crippen molar-refractivity contribution in [2.75, 3.05) is 6.61 Å². The van der Waals surface area contributed by atoms with Crippen LogP contribution in [0.1, 0.15) is 112 Å². The minimum Gasteiger partial charge on any atom is -0.463 e. The number of rotatable bonds is 8. The van der Waals surface area contributed by atoms with Crippen molar-refractivity contribution in [3.8, 4) is 0 Å². The molecule has 4 nitrogen and oxygen atoms in total. The first-order valence-corrected chi connectivity index (χ1v) is 14.7. The quantitative estimate of drug-likeness (QED) is 0.304. The second-order valence-electron chi connectivity index (χ2n) is 14.1. The van der Waals surface area contributed by atoms with Crippen molar-refractivity contribution in [1.29, 1.82) is 0 Å². The third-order valence-electron chi connectivity index (χ3n) is 11.7. The van der Waals surface area contributed by atoms with Gasteiger partial charge in [0.2, 0.25) is 0 Å². The molecule has 4 fully saturated rings. The van der Waals surface area contributed by atoms with Gasteiger partial charge in [-0.3, -0.25) is 9.59 Å². The second-order valence-corrected chi connectivity index (χ2v) is 14.1. The number of esters is 1. The predicted molar refractivity (Wildman–Crippen MR) is 143 cm³/mol. The summed E-state index contributed by atoms with van der Waals surface area (Å²) in [5.74, 6) is 3.29. The molecule has 0 aromatic carbocycles. The molecule has 1 saturated heterocycles. The highest BCUT2D eigenvalue weighted by Gasteiger charge is 2.60. The Balaban J connectivity index is 1.44. The Labute approximate surface area is 215 Å². The van der Waals surface area contributed by atoms with Gasteiger partial charge in [-0.25, -0.2) is 0 Å². The Morgan fingerprint density at radius 2 is 1.83 bits per heavy atom. The van der Waals surface area contributed by atoms with Crippen molar-refractivity contribution >= 4 is 19.6 Å². The number of carbonyl (C=O) groups is 2. The van der Waals surface area contributed by atoms with E-state index in [4.69, 9.17) is 9.47 Å². The average Bonchev–Trinajstić information content (AvgIpc) is 3.26. The van der Waals surface area contributed by atoms with Crippen molar-refractivity contribution in [3.63, 3.8) is 0 Å². The molecule has 0 aromatic heterocycles. The van der Waals surface area contributed by atoms with E-state index in [2.05, 4.69) is 28.6 Å². The molecule has 4 aliphatic rings. The van der Waals surface area contributed by atoms with Gasteiger partial charge in [0.1, 0.15) is 19.7 Å². The lowest BCUT2D eigenvalue weighted by Crippen LogP contribution is -2.46. The number of carbonyl (C=O) groups excluding carboxylic acids is 2. The van der Waals surface area contributed by atoms with Crippen LogP contribution in [-0.2, 0) is 19.1 Å². The van der Waals surface area contributed by atoms with Gasteiger partial charge in [0.15, 0.2) is 0 Å². The van der Waals surface area contributed by atoms with E-state index in [1.54, 1.807) is 0 Å². The normalized spacial score (nSPS) is 44.0. The van der Waals surface area contributed by atoms with Crippen LogP contribution in [0.15, 0.2) is 0 Å². The molecule has 0 N–H and O–H groups in total. The van der Waals surface area contributed by atoms with E-state index in [1.807, 2.05) is 13.8 Å². The summed E-state index contributed by atoms with van der Waals surface area (Å²) in [4.78, 5) is 24.0. The molecule has 1 heterocycles. The summed E-state index contributed by atoms with van der Waals surface area (Å²) in [6, 6.07) is 0. The number of Topliss-reactive ketones (excluding diaryl/α,β-unsaturated/α-hetero) is 1. The molecule has 9 atom stereocenters. The van der Waals surface area contributed by atoms with Crippen LogP contribution >= 0.6 is 0 Å². The van der Waals surface area contributed by atoms with E-state index in [1.165, 1.54) is 39.0 Å². The van der Waals surface area contributed by atoms with Crippen LogP contribution in [0.2, 0.25) is 5.31 Å². The predicted octanol–water partition coefficient (Wildman–Crippen LogP) is 6.16. The lowest BCUT2D eigenvalue weighted by molar-refractivity contribution is -0.150. The Bertz CT molecular complexity index is 797. The topological polar surface area (TPSA) is 52.6 Å². The molecule has 0 aromatic rings. The zero-order chi connectivity index (χ0) is 25.6. The fourth-order valence-electron chi connectivity index (χ4n) is 9.21. The molecule has 3 saturated carbocycles. The van der Waals surface area contributed by atoms with Crippen LogP contribution in [0.3, 0.4) is 0 Å². The number of hydrogen-bond donors (Lipinski definition) is 0. The summed E-state index contributed by atoms with van der Waals surface area (Å²) >= 11 is 0. The first-order chi connectivity index (χ1) is 16.4. The van der Waals surface area contributed by atoms with E-state index >= 15 is 0 Å². The minimum atomic E-state index is -0.151. The van der Waals surface area contributed by atoms with E-state index in [-0.39, 0.29) is 34.8 Å². The zero-order valence-corrected chi connectivity index (χ0v) is 23.7. The Hall–Kier alpha value is -0.835. The van der Waals surface area contributed by atoms with Crippen molar-refractivity contribution in [3.05, 3.63) is 0 Å². The summed E-state index contributed by atoms with van der Waals surface area (Å²) in [6.07, 6.45) is 12.9. The van der Waals surface area contributed by atoms with Gasteiger partial charge in [0.05, 0.1) is 12.7 Å². The fourth-order valence-corrected chi connectivity index (χ4v) is 9.21. The van der Waals surface area contributed by atoms with Gasteiger partial charge < -0.3 is 9.47 Å². The molecule has 198 valence electrons. The summed E-state index contributed by atoms with van der Waals surface area (Å²) in [6.45, 7) is 13.9. The van der Waals surface area contributed by atoms with Gasteiger partial charge in [-0.2, -0.15) is 0 Å². The molecule has 4 rings (SSSR count). The zero-order valence-electron chi connectivity index (χ0n) is 23.7. The Morgan fingerprint density at radius 3 is 2.51 bits per heavy atom. The fraction of sp³-hybridized carbons (Fsp3) is 0.933. The van der Waals surface area contributed by atoms with Gasteiger partial charge in [-0.15, -0.1) is 0 Å². The van der Waals surface area contributed by atoms with E-state index < -0.39 is 0 Å². The molecule has 0 radical (unpaired) electrons. The van der Waals surface area contributed by atoms with Gasteiger partial charge in [0, 0.05) is 19.3 Å². The molecule has 35 heavy (non-hydrogen) atoms. The third-order valence-corrected chi connectivity index (χ3v) is 11.7. The van der Waals surface area contributed by atoms with E-state index in [0.717, 1.165) is 62.9 Å². The lowest BCUT2D eigenvalue weighted by Gasteiger charge is -2.51. The molecule has 0 amide bonds. The lowest BCUT2D eigenvalue weighted by atomic mass is 9.45. The van der Waals surface area contributed by atoms with Gasteiger partial charge in [0.25, 0.3) is 0 Å². The average molecular weight is 487 g/mol. The first kappa shape index (κ1) is 27.2. The number of ketones is 1. The number of hydrogen-bond acceptors (Lipinski definition) is 4. The van der Waals surface area contributed by atoms with Crippen molar-refractivity contribution in [1.82, 2.24) is 0 Å². The molecule has 6 unspecified atom stereocenters. The molecule has 5 heteroatoms. The first-order valence-electron chi connectivity index (χ1n) is 14.7. The van der Waals surface area contributed by atoms with Crippen LogP contribution in [-0.4, -0.2) is 38.4 Å². The van der Waals surface area contributed by atoms with Crippen LogP contribution in [0.5, 0.6) is 0 Å². The highest BCUT2D eigenvalue weighted by molar-refractivity contribution is 6.16. The monoisotopic (exact) mass is 486 g/mol. The molecular weight excluding hydrogens is 435 g/mol. The van der Waals surface area contributed by atoms with Gasteiger partial charge >= 0.3 is 5.97 Å². The molecule has 0 spiro atoms. The SMILES string of the molecule is BC12C[C@@H](OC(C)=O)CC[C@@]1(C)COC2CC1CCC[C@]2(C)C(C(C)CCC(=O)C(C)C)CCC12. The number of ether oxygens (including phenoxy) is 2. The van der Waals surface area contributed by atoms with Crippen LogP contribution in [0.4, 0.5) is 0 Å². The maximum absolute atomic E-state index is 12.3. The largest absolute Gasteiger partial charge is 0.463 e. The Morgan fingerprint density at radius 1 is 1.09 bits per heavy atom. The van der Waals surface area contributed by atoms with Crippen molar-refractivity contribution < 1.29 is 19.1 Å². The van der Waals surface area contributed by atoms with Crippen LogP contribution < -0.4 is 0 Å². The summed E-state index contributed by atoms with van der Waals surface area (Å²) in [5, 5.41) is 0.0712. The molecule has 1 aliphatic heterocycles. The van der Waals surface area contributed by atoms with Crippen LogP contribution in [0.25, 0.3) is 0 Å². The maximum Gasteiger partial charge on any atom is 0.302 e. The van der Waals surface area contributed by atoms with E-state index in [9.17, 15) is 9.59 Å². The molecule has 0 bridgehead atoms. The van der Waals surface area contributed by atoms with Gasteiger partial charge in [-0.05, 0) is 91.2 Å². The Kier molecular flexibility index (Phi) is 7.88. The summed E-state index contributed by atoms with van der Waals surface area (Å²) in [7, 11) is 2.42. The summed E-state index contributed by atoms with van der Waals surface area (Å²) < 4.78 is 12.3. The molecule has 3 aliphatic carbocycles. The maximum atomic E-state index is 12.3. The standard InChI is InChI=1S/C30H51BO4/c1-19(2)26(33)12-9-20(3)24-10-11-25-22(8-7-14-29(24,25)6)16-27-30(31)17-23(35-21(4)32)13-15-28(30,5)18-34-27/h19-20,22-25,27H,7-18,31H2,1-6H3/t20?,22?,23-,24?,25?,27?,28-,29+,30?/m0/s1. The second kappa shape index (κ2) is 10.1. The van der Waals surface area contributed by atoms with Gasteiger partial charge in [-0.1, -0.05) is 47.5 Å². The third kappa shape index (κ3) is 5.01. The van der Waals surface area contributed by atoms with Crippen molar-refractivity contribution in [2.45, 2.75) is 130 Å². The highest BCUT2D eigenvalue weighted by Crippen LogP contribution is 2.65. The van der Waals surface area contributed by atoms with Crippen molar-refractivity contribution in [2.24, 2.45) is 40.4 Å².